The molecule has 102 valence electrons. The smallest absolute Gasteiger partial charge is 0.293 e. The van der Waals surface area contributed by atoms with Crippen LogP contribution in [0.4, 0.5) is 13.2 Å². The molecule has 2 aromatic rings. The van der Waals surface area contributed by atoms with Crippen molar-refractivity contribution in [2.24, 2.45) is 0 Å². The molecular weight excluding hydrogens is 273 g/mol. The van der Waals surface area contributed by atoms with Gasteiger partial charge in [0.1, 0.15) is 5.82 Å². The van der Waals surface area contributed by atoms with Crippen LogP contribution >= 0.6 is 11.8 Å². The second-order valence-electron chi connectivity index (χ2n) is 4.35. The first-order chi connectivity index (χ1) is 8.78. The molecule has 2 aromatic heterocycles. The van der Waals surface area contributed by atoms with Gasteiger partial charge in [0.15, 0.2) is 0 Å². The van der Waals surface area contributed by atoms with E-state index in [-0.39, 0.29) is 16.8 Å². The molecule has 0 aliphatic rings. The van der Waals surface area contributed by atoms with E-state index in [0.717, 1.165) is 11.3 Å². The van der Waals surface area contributed by atoms with Gasteiger partial charge >= 0.3 is 5.51 Å². The average molecular weight is 286 g/mol. The van der Waals surface area contributed by atoms with E-state index >= 15 is 0 Å². The summed E-state index contributed by atoms with van der Waals surface area (Å²) in [5, 5.41) is 0.170. The standard InChI is InChI=1S/C13H13F3N2S/c1-8-4-5-17-11(6-8)18-10(3)7-9(2)12(18)19-13(14,15)16/h4-7H,1-3H3. The third-order valence-electron chi connectivity index (χ3n) is 2.66. The predicted molar refractivity (Wildman–Crippen MR) is 69.7 cm³/mol. The molecule has 0 bridgehead atoms. The number of rotatable bonds is 2. The lowest BCUT2D eigenvalue weighted by Gasteiger charge is -2.13. The minimum atomic E-state index is -4.31. The summed E-state index contributed by atoms with van der Waals surface area (Å²) in [7, 11) is 0. The number of hydrogen-bond donors (Lipinski definition) is 0. The van der Waals surface area contributed by atoms with Gasteiger partial charge in [0.2, 0.25) is 0 Å². The lowest BCUT2D eigenvalue weighted by molar-refractivity contribution is -0.0330. The molecule has 0 aliphatic carbocycles. The Labute approximate surface area is 113 Å². The van der Waals surface area contributed by atoms with E-state index < -0.39 is 5.51 Å². The molecule has 0 aromatic carbocycles. The van der Waals surface area contributed by atoms with Gasteiger partial charge in [0.05, 0.1) is 5.03 Å². The average Bonchev–Trinajstić information content (AvgIpc) is 2.51. The van der Waals surface area contributed by atoms with Crippen molar-refractivity contribution in [1.82, 2.24) is 9.55 Å². The van der Waals surface area contributed by atoms with Gasteiger partial charge < -0.3 is 0 Å². The second kappa shape index (κ2) is 4.92. The van der Waals surface area contributed by atoms with Crippen LogP contribution in [0.1, 0.15) is 16.8 Å². The number of alkyl halides is 3. The Balaban J connectivity index is 2.56. The Morgan fingerprint density at radius 3 is 2.42 bits per heavy atom. The van der Waals surface area contributed by atoms with Crippen LogP contribution in [0.3, 0.4) is 0 Å². The SMILES string of the molecule is Cc1ccnc(-n2c(C)cc(C)c2SC(F)(F)F)c1. The summed E-state index contributed by atoms with van der Waals surface area (Å²) in [6.45, 7) is 5.33. The van der Waals surface area contributed by atoms with E-state index in [9.17, 15) is 13.2 Å². The van der Waals surface area contributed by atoms with Crippen molar-refractivity contribution in [3.63, 3.8) is 0 Å². The minimum absolute atomic E-state index is 0.102. The van der Waals surface area contributed by atoms with Crippen molar-refractivity contribution in [2.45, 2.75) is 31.3 Å². The van der Waals surface area contributed by atoms with Crippen LogP contribution in [0.15, 0.2) is 29.4 Å². The van der Waals surface area contributed by atoms with Crippen LogP contribution in [-0.2, 0) is 0 Å². The Hall–Kier alpha value is -1.43. The zero-order valence-corrected chi connectivity index (χ0v) is 11.6. The first kappa shape index (κ1) is 14.0. The molecule has 0 unspecified atom stereocenters. The molecule has 19 heavy (non-hydrogen) atoms. The maximum absolute atomic E-state index is 12.6. The highest BCUT2D eigenvalue weighted by atomic mass is 32.2. The number of nitrogens with zero attached hydrogens (tertiary/aromatic N) is 2. The largest absolute Gasteiger partial charge is 0.447 e. The summed E-state index contributed by atoms with van der Waals surface area (Å²) in [5.41, 5.74) is -2.01. The highest BCUT2D eigenvalue weighted by Gasteiger charge is 2.32. The summed E-state index contributed by atoms with van der Waals surface area (Å²) in [5.74, 6) is 0.511. The number of aryl methyl sites for hydroxylation is 3. The van der Waals surface area contributed by atoms with E-state index in [2.05, 4.69) is 4.98 Å². The fourth-order valence-electron chi connectivity index (χ4n) is 1.94. The lowest BCUT2D eigenvalue weighted by Crippen LogP contribution is -2.06. The van der Waals surface area contributed by atoms with Crippen LogP contribution in [0.2, 0.25) is 0 Å². The van der Waals surface area contributed by atoms with Gasteiger partial charge in [-0.3, -0.25) is 4.57 Å². The van der Waals surface area contributed by atoms with E-state index in [1.165, 1.54) is 0 Å². The first-order valence-corrected chi connectivity index (χ1v) is 6.47. The number of aromatic nitrogens is 2. The van der Waals surface area contributed by atoms with E-state index in [0.29, 0.717) is 11.4 Å². The third kappa shape index (κ3) is 3.12. The highest BCUT2D eigenvalue weighted by molar-refractivity contribution is 8.00. The fourth-order valence-corrected chi connectivity index (χ4v) is 2.71. The Morgan fingerprint density at radius 2 is 1.84 bits per heavy atom. The molecule has 2 heterocycles. The summed E-state index contributed by atoms with van der Waals surface area (Å²) in [6.07, 6.45) is 1.60. The zero-order chi connectivity index (χ0) is 14.2. The van der Waals surface area contributed by atoms with E-state index in [4.69, 9.17) is 0 Å². The number of hydrogen-bond acceptors (Lipinski definition) is 2. The van der Waals surface area contributed by atoms with Crippen molar-refractivity contribution < 1.29 is 13.2 Å². The summed E-state index contributed by atoms with van der Waals surface area (Å²) in [4.78, 5) is 4.16. The first-order valence-electron chi connectivity index (χ1n) is 5.65. The molecule has 0 atom stereocenters. The van der Waals surface area contributed by atoms with Gasteiger partial charge in [0, 0.05) is 23.7 Å². The Morgan fingerprint density at radius 1 is 1.16 bits per heavy atom. The van der Waals surface area contributed by atoms with Gasteiger partial charge in [0.25, 0.3) is 0 Å². The van der Waals surface area contributed by atoms with Gasteiger partial charge in [-0.1, -0.05) is 0 Å². The molecule has 0 amide bonds. The molecule has 6 heteroatoms. The second-order valence-corrected chi connectivity index (χ2v) is 5.40. The molecule has 0 saturated carbocycles. The number of thioether (sulfide) groups is 1. The molecule has 2 rings (SSSR count). The Bertz CT molecular complexity index is 602. The molecule has 2 nitrogen and oxygen atoms in total. The van der Waals surface area contributed by atoms with Crippen LogP contribution in [0.5, 0.6) is 0 Å². The van der Waals surface area contributed by atoms with Gasteiger partial charge in [-0.2, -0.15) is 13.2 Å². The molecule has 0 fully saturated rings. The van der Waals surface area contributed by atoms with Crippen LogP contribution in [0.25, 0.3) is 5.82 Å². The van der Waals surface area contributed by atoms with Crippen LogP contribution < -0.4 is 0 Å². The molecule has 0 radical (unpaired) electrons. The topological polar surface area (TPSA) is 17.8 Å². The summed E-state index contributed by atoms with van der Waals surface area (Å²) < 4.78 is 39.4. The van der Waals surface area contributed by atoms with Gasteiger partial charge in [-0.25, -0.2) is 4.98 Å². The van der Waals surface area contributed by atoms with E-state index in [1.54, 1.807) is 36.7 Å². The molecule has 0 spiro atoms. The van der Waals surface area contributed by atoms with Crippen LogP contribution in [-0.4, -0.2) is 15.1 Å². The van der Waals surface area contributed by atoms with Crippen molar-refractivity contribution in [3.05, 3.63) is 41.2 Å². The fraction of sp³-hybridized carbons (Fsp3) is 0.308. The van der Waals surface area contributed by atoms with E-state index in [1.807, 2.05) is 13.0 Å². The van der Waals surface area contributed by atoms with Crippen molar-refractivity contribution in [3.8, 4) is 5.82 Å². The summed E-state index contributed by atoms with van der Waals surface area (Å²) >= 11 is -0.102. The van der Waals surface area contributed by atoms with Gasteiger partial charge in [-0.15, -0.1) is 0 Å². The molecule has 0 saturated heterocycles. The zero-order valence-electron chi connectivity index (χ0n) is 10.7. The van der Waals surface area contributed by atoms with Gasteiger partial charge in [-0.05, 0) is 50.1 Å². The molecule has 0 N–H and O–H groups in total. The molecular formula is C13H13F3N2S. The maximum Gasteiger partial charge on any atom is 0.447 e. The highest BCUT2D eigenvalue weighted by Crippen LogP contribution is 2.40. The van der Waals surface area contributed by atoms with Crippen LogP contribution in [0, 0.1) is 20.8 Å². The lowest BCUT2D eigenvalue weighted by atomic mass is 10.3. The maximum atomic E-state index is 12.6. The summed E-state index contributed by atoms with van der Waals surface area (Å²) in [6, 6.07) is 5.32. The molecule has 0 aliphatic heterocycles. The Kier molecular flexibility index (Phi) is 3.62. The number of halogens is 3. The van der Waals surface area contributed by atoms with Crippen molar-refractivity contribution in [1.29, 1.82) is 0 Å². The normalized spacial score (nSPS) is 11.9. The number of pyridine rings is 1. The minimum Gasteiger partial charge on any atom is -0.293 e. The van der Waals surface area contributed by atoms with Crippen molar-refractivity contribution >= 4 is 11.8 Å². The van der Waals surface area contributed by atoms with Crippen molar-refractivity contribution in [2.75, 3.05) is 0 Å². The monoisotopic (exact) mass is 286 g/mol. The third-order valence-corrected chi connectivity index (χ3v) is 3.59. The quantitative estimate of drug-likeness (QED) is 0.761. The predicted octanol–water partition coefficient (Wildman–Crippen LogP) is 4.41.